The number of aliphatic hydroxyl groups is 1. The first-order chi connectivity index (χ1) is 23.9. The van der Waals surface area contributed by atoms with E-state index in [1.165, 1.54) is 13.4 Å². The van der Waals surface area contributed by atoms with Gasteiger partial charge in [-0.1, -0.05) is 42.8 Å². The van der Waals surface area contributed by atoms with Gasteiger partial charge in [0.05, 0.1) is 24.8 Å². The van der Waals surface area contributed by atoms with Crippen molar-refractivity contribution in [3.63, 3.8) is 0 Å². The third-order valence-electron chi connectivity index (χ3n) is 9.12. The number of imidazole rings is 1. The molecule has 274 valence electrons. The topological polar surface area (TPSA) is 222 Å². The van der Waals surface area contributed by atoms with Gasteiger partial charge < -0.3 is 24.8 Å². The second-order valence-electron chi connectivity index (χ2n) is 13.0. The van der Waals surface area contributed by atoms with Gasteiger partial charge in [-0.25, -0.2) is 22.8 Å². The van der Waals surface area contributed by atoms with Gasteiger partial charge in [0.15, 0.2) is 17.0 Å². The number of ether oxygens (including phenoxy) is 2. The van der Waals surface area contributed by atoms with Gasteiger partial charge in [0, 0.05) is 13.5 Å². The van der Waals surface area contributed by atoms with Crippen molar-refractivity contribution in [2.24, 2.45) is 0 Å². The van der Waals surface area contributed by atoms with Crippen LogP contribution in [0.5, 0.6) is 5.75 Å². The van der Waals surface area contributed by atoms with Gasteiger partial charge in [-0.3, -0.25) is 14.1 Å². The summed E-state index contributed by atoms with van der Waals surface area (Å²) in [5.41, 5.74) is 6.52. The van der Waals surface area contributed by atoms with Crippen LogP contribution in [0.3, 0.4) is 0 Å². The van der Waals surface area contributed by atoms with Gasteiger partial charge in [-0.15, -0.1) is 4.83 Å². The first kappa shape index (κ1) is 36.6. The summed E-state index contributed by atoms with van der Waals surface area (Å²) in [4.78, 5) is 28.5. The molecule has 0 spiro atoms. The van der Waals surface area contributed by atoms with Crippen molar-refractivity contribution >= 4 is 46.7 Å². The lowest BCUT2D eigenvalue weighted by molar-refractivity contribution is -0.154. The molecule has 0 bridgehead atoms. The molecule has 4 unspecified atom stereocenters. The SMILES string of the molecule is CC[C@@]1(O)CC(n2cnc3c(N(C)NS(C)(=O)=O)nc(N)nc32)OC1COP(=O)(NC1(C)C(=O)OCc2c(C)cccc21)Oc1ccc(C)cc1. The van der Waals surface area contributed by atoms with E-state index in [0.717, 1.165) is 28.0 Å². The number of esters is 1. The summed E-state index contributed by atoms with van der Waals surface area (Å²) in [6.07, 6.45) is 0.784. The van der Waals surface area contributed by atoms with Crippen LogP contribution in [0.25, 0.3) is 11.2 Å². The molecule has 2 aliphatic rings. The Bertz CT molecular complexity index is 2130. The zero-order valence-electron chi connectivity index (χ0n) is 29.0. The van der Waals surface area contributed by atoms with E-state index >= 15 is 0 Å². The molecule has 0 radical (unpaired) electrons. The van der Waals surface area contributed by atoms with Crippen LogP contribution in [-0.4, -0.2) is 70.6 Å². The number of hydrogen-bond acceptors (Lipinski definition) is 14. The highest BCUT2D eigenvalue weighted by atomic mass is 32.2. The molecule has 1 saturated heterocycles. The van der Waals surface area contributed by atoms with Crippen LogP contribution < -0.4 is 25.2 Å². The second kappa shape index (κ2) is 13.4. The average Bonchev–Trinajstić information content (AvgIpc) is 3.63. The minimum atomic E-state index is -4.44. The van der Waals surface area contributed by atoms with Crippen molar-refractivity contribution in [3.05, 3.63) is 71.0 Å². The van der Waals surface area contributed by atoms with Crippen LogP contribution in [0.4, 0.5) is 11.8 Å². The van der Waals surface area contributed by atoms with Crippen LogP contribution in [0.1, 0.15) is 55.2 Å². The van der Waals surface area contributed by atoms with Crippen molar-refractivity contribution in [2.45, 2.75) is 70.6 Å². The van der Waals surface area contributed by atoms with Crippen LogP contribution in [0.15, 0.2) is 48.8 Å². The first-order valence-corrected chi connectivity index (χ1v) is 19.5. The number of sulfonamides is 1. The lowest BCUT2D eigenvalue weighted by atomic mass is 9.85. The lowest BCUT2D eigenvalue weighted by Gasteiger charge is -2.37. The normalized spacial score (nSPS) is 24.6. The van der Waals surface area contributed by atoms with Gasteiger partial charge in [-0.2, -0.15) is 15.1 Å². The smallest absolute Gasteiger partial charge is 0.459 e. The summed E-state index contributed by atoms with van der Waals surface area (Å²) >= 11 is 0. The van der Waals surface area contributed by atoms with E-state index in [4.69, 9.17) is 24.3 Å². The molecule has 5 atom stereocenters. The number of fused-ring (bicyclic) bond motifs is 2. The van der Waals surface area contributed by atoms with Crippen molar-refractivity contribution < 1.29 is 41.4 Å². The lowest BCUT2D eigenvalue weighted by Crippen LogP contribution is -2.50. The number of nitrogens with two attached hydrogens (primary N) is 1. The summed E-state index contributed by atoms with van der Waals surface area (Å²) in [6.45, 7) is 6.76. The predicted molar refractivity (Wildman–Crippen MR) is 187 cm³/mol. The van der Waals surface area contributed by atoms with Gasteiger partial charge in [0.2, 0.25) is 16.0 Å². The Balaban J connectivity index is 1.30. The maximum atomic E-state index is 14.8. The molecule has 0 aliphatic carbocycles. The highest BCUT2D eigenvalue weighted by Crippen LogP contribution is 2.51. The third kappa shape index (κ3) is 7.30. The number of nitrogen functional groups attached to an aromatic ring is 1. The van der Waals surface area contributed by atoms with E-state index in [2.05, 4.69) is 24.9 Å². The fourth-order valence-electron chi connectivity index (χ4n) is 6.30. The standard InChI is InChI=1S/C32H41N8O9PS/c1-7-32(42)15-25(40-18-34-26-27(35-30(33)36-28(26)40)39(5)38-51(6,44)45)48-24(32)17-47-50(43,49-21-13-11-19(2)12-14-21)37-31(4)23-10-8-9-20(3)22(23)16-46-29(31)41/h8-14,18,24-25,38,42H,7,15-17H2,1-6H3,(H,37,43)(H2,33,35,36)/t24?,25?,31?,32-,50?/m1/s1. The van der Waals surface area contributed by atoms with E-state index in [1.807, 2.05) is 19.9 Å². The predicted octanol–water partition coefficient (Wildman–Crippen LogP) is 3.12. The zero-order valence-corrected chi connectivity index (χ0v) is 30.7. The number of carbonyl (C=O) groups is 1. The number of hydrazine groups is 1. The summed E-state index contributed by atoms with van der Waals surface area (Å²) in [5.74, 6) is -0.504. The summed E-state index contributed by atoms with van der Waals surface area (Å²) in [6, 6.07) is 12.3. The van der Waals surface area contributed by atoms with E-state index in [1.54, 1.807) is 54.8 Å². The molecule has 6 rings (SSSR count). The Hall–Kier alpha value is -4.16. The van der Waals surface area contributed by atoms with Crippen LogP contribution in [0.2, 0.25) is 0 Å². The molecule has 0 saturated carbocycles. The summed E-state index contributed by atoms with van der Waals surface area (Å²) < 4.78 is 64.0. The Morgan fingerprint density at radius 3 is 2.61 bits per heavy atom. The van der Waals surface area contributed by atoms with Crippen molar-refractivity contribution in [3.8, 4) is 5.75 Å². The van der Waals surface area contributed by atoms with E-state index in [9.17, 15) is 22.9 Å². The molecule has 2 aromatic heterocycles. The minimum Gasteiger partial charge on any atom is -0.459 e. The maximum absolute atomic E-state index is 14.8. The number of aromatic nitrogens is 4. The molecule has 0 amide bonds. The maximum Gasteiger partial charge on any atom is 0.460 e. The summed E-state index contributed by atoms with van der Waals surface area (Å²) in [5, 5.41) is 15.8. The minimum absolute atomic E-state index is 0.0485. The number of rotatable bonds is 12. The molecule has 2 aliphatic heterocycles. The molecule has 51 heavy (non-hydrogen) atoms. The molecule has 4 aromatic rings. The van der Waals surface area contributed by atoms with Gasteiger partial charge in [-0.05, 0) is 56.0 Å². The Labute approximate surface area is 295 Å². The average molecular weight is 745 g/mol. The molecular formula is C32H41N8O9PS. The highest BCUT2D eigenvalue weighted by Gasteiger charge is 2.51. The zero-order chi connectivity index (χ0) is 36.9. The van der Waals surface area contributed by atoms with Gasteiger partial charge in [0.1, 0.15) is 30.2 Å². The fraction of sp³-hybridized carbons (Fsp3) is 0.438. The molecule has 17 nitrogen and oxygen atoms in total. The molecule has 2 aromatic carbocycles. The molecule has 4 heterocycles. The number of benzene rings is 2. The Morgan fingerprint density at radius 2 is 1.92 bits per heavy atom. The van der Waals surface area contributed by atoms with Crippen LogP contribution in [-0.2, 0) is 45.5 Å². The largest absolute Gasteiger partial charge is 0.460 e. The van der Waals surface area contributed by atoms with Crippen molar-refractivity contribution in [2.75, 3.05) is 30.7 Å². The van der Waals surface area contributed by atoms with Gasteiger partial charge in [0.25, 0.3) is 0 Å². The van der Waals surface area contributed by atoms with E-state index in [-0.39, 0.29) is 48.1 Å². The number of nitrogens with zero attached hydrogens (tertiary/aromatic N) is 5. The molecule has 1 fully saturated rings. The van der Waals surface area contributed by atoms with Crippen LogP contribution in [0, 0.1) is 13.8 Å². The fourth-order valence-corrected chi connectivity index (χ4v) is 8.54. The third-order valence-corrected chi connectivity index (χ3v) is 11.4. The quantitative estimate of drug-likeness (QED) is 0.0930. The second-order valence-corrected chi connectivity index (χ2v) is 16.4. The number of hydrogen-bond donors (Lipinski definition) is 4. The first-order valence-electron chi connectivity index (χ1n) is 16.1. The van der Waals surface area contributed by atoms with Crippen molar-refractivity contribution in [1.29, 1.82) is 0 Å². The monoisotopic (exact) mass is 744 g/mol. The Kier molecular flexibility index (Phi) is 9.64. The number of anilines is 2. The molecular weight excluding hydrogens is 703 g/mol. The number of carbonyl (C=O) groups excluding carboxylic acids is 1. The number of nitrogens with one attached hydrogen (secondary N) is 2. The van der Waals surface area contributed by atoms with Crippen LogP contribution >= 0.6 is 7.75 Å². The highest BCUT2D eigenvalue weighted by molar-refractivity contribution is 7.88. The van der Waals surface area contributed by atoms with Gasteiger partial charge >= 0.3 is 13.7 Å². The van der Waals surface area contributed by atoms with E-state index in [0.29, 0.717) is 5.56 Å². The number of aryl methyl sites for hydroxylation is 2. The molecule has 19 heteroatoms. The molecule has 5 N–H and O–H groups in total. The number of cyclic esters (lactones) is 1. The van der Waals surface area contributed by atoms with Crippen molar-refractivity contribution in [1.82, 2.24) is 29.4 Å². The Morgan fingerprint density at radius 1 is 1.20 bits per heavy atom. The summed E-state index contributed by atoms with van der Waals surface area (Å²) in [7, 11) is -6.66. The van der Waals surface area contributed by atoms with E-state index < -0.39 is 53.8 Å².